The van der Waals surface area contributed by atoms with Gasteiger partial charge in [0.15, 0.2) is 0 Å². The Kier molecular flexibility index (Phi) is 3.85. The molecule has 1 atom stereocenters. The van der Waals surface area contributed by atoms with Crippen LogP contribution in [0.25, 0.3) is 22.5 Å². The molecule has 2 aromatic heterocycles. The lowest BCUT2D eigenvalue weighted by Gasteiger charge is -2.33. The van der Waals surface area contributed by atoms with Gasteiger partial charge in [0.1, 0.15) is 11.6 Å². The molecule has 1 saturated heterocycles. The molecule has 28 heavy (non-hydrogen) atoms. The minimum Gasteiger partial charge on any atom is -0.403 e. The number of aromatic nitrogens is 5. The molecule has 1 spiro atoms. The van der Waals surface area contributed by atoms with Gasteiger partial charge in [-0.3, -0.25) is 4.79 Å². The summed E-state index contributed by atoms with van der Waals surface area (Å²) in [5.74, 6) is 0.458. The largest absolute Gasteiger partial charge is 0.403 e. The van der Waals surface area contributed by atoms with Crippen LogP contribution in [0.3, 0.4) is 0 Å². The fraction of sp³-hybridized carbons (Fsp3) is 0.526. The second-order valence-electron chi connectivity index (χ2n) is 8.02. The molecule has 2 fully saturated rings. The van der Waals surface area contributed by atoms with E-state index in [0.717, 1.165) is 42.5 Å². The number of aryl methyl sites for hydroxylation is 1. The number of nitrogens with one attached hydrogen (secondary N) is 1. The highest BCUT2D eigenvalue weighted by Crippen LogP contribution is 2.53. The van der Waals surface area contributed by atoms with E-state index in [1.165, 1.54) is 12.8 Å². The molecule has 1 amide bonds. The minimum atomic E-state index is -0.413. The molecular formula is C19H23N7O2. The molecule has 1 saturated carbocycles. The van der Waals surface area contributed by atoms with Gasteiger partial charge in [0.25, 0.3) is 0 Å². The van der Waals surface area contributed by atoms with Crippen molar-refractivity contribution in [1.29, 1.82) is 0 Å². The summed E-state index contributed by atoms with van der Waals surface area (Å²) in [5, 5.41) is 19.3. The van der Waals surface area contributed by atoms with Crippen molar-refractivity contribution in [1.82, 2.24) is 30.1 Å². The van der Waals surface area contributed by atoms with E-state index in [0.29, 0.717) is 11.3 Å². The van der Waals surface area contributed by atoms with Crippen LogP contribution in [0, 0.1) is 5.41 Å². The molecule has 0 unspecified atom stereocenters. The number of carbonyl (C=O) groups excluding carboxylic acids is 1. The maximum Gasteiger partial charge on any atom is 0.316 e. The molecular weight excluding hydrogens is 358 g/mol. The van der Waals surface area contributed by atoms with E-state index in [2.05, 4.69) is 25.8 Å². The van der Waals surface area contributed by atoms with Gasteiger partial charge in [-0.05, 0) is 56.2 Å². The number of benzene rings is 1. The third kappa shape index (κ3) is 3.00. The first-order valence-electron chi connectivity index (χ1n) is 9.72. The second-order valence-corrected chi connectivity index (χ2v) is 8.02. The van der Waals surface area contributed by atoms with Gasteiger partial charge in [-0.15, -0.1) is 10.2 Å². The number of fused-ring (bicyclic) bond motifs is 1. The van der Waals surface area contributed by atoms with Crippen molar-refractivity contribution in [2.75, 3.05) is 18.4 Å². The molecule has 1 aromatic carbocycles. The zero-order chi connectivity index (χ0) is 19.3. The predicted molar refractivity (Wildman–Crippen MR) is 102 cm³/mol. The summed E-state index contributed by atoms with van der Waals surface area (Å²) in [6, 6.07) is 5.49. The topological polar surface area (TPSA) is 102 Å². The molecule has 1 N–H and O–H groups in total. The number of hydrogen-bond acceptors (Lipinski definition) is 7. The van der Waals surface area contributed by atoms with Gasteiger partial charge in [-0.2, -0.15) is 0 Å². The Bertz CT molecular complexity index is 1030. The van der Waals surface area contributed by atoms with Gasteiger partial charge in [0.2, 0.25) is 11.8 Å². The molecule has 5 rings (SSSR count). The van der Waals surface area contributed by atoms with Gasteiger partial charge in [-0.1, -0.05) is 10.3 Å². The van der Waals surface area contributed by atoms with E-state index in [4.69, 9.17) is 4.42 Å². The Hall–Kier alpha value is -2.97. The minimum absolute atomic E-state index is 0.0798. The maximum absolute atomic E-state index is 12.7. The van der Waals surface area contributed by atoms with Crippen molar-refractivity contribution in [3.8, 4) is 11.5 Å². The van der Waals surface area contributed by atoms with Gasteiger partial charge in [0, 0.05) is 25.7 Å². The number of rotatable bonds is 4. The number of carbonyl (C=O) groups is 1. The molecule has 2 aliphatic rings. The van der Waals surface area contributed by atoms with Crippen molar-refractivity contribution >= 4 is 23.0 Å². The van der Waals surface area contributed by atoms with Crippen LogP contribution in [-0.2, 0) is 11.8 Å². The number of nitrogens with zero attached hydrogens (tertiary/aromatic N) is 6. The molecule has 9 nitrogen and oxygen atoms in total. The van der Waals surface area contributed by atoms with E-state index in [1.54, 1.807) is 4.68 Å². The van der Waals surface area contributed by atoms with Crippen LogP contribution in [0.1, 0.15) is 32.6 Å². The number of piperidine rings is 1. The summed E-state index contributed by atoms with van der Waals surface area (Å²) >= 11 is 0. The zero-order valence-electron chi connectivity index (χ0n) is 16.1. The third-order valence-corrected chi connectivity index (χ3v) is 6.09. The average Bonchev–Trinajstić information content (AvgIpc) is 3.12. The molecule has 146 valence electrons. The van der Waals surface area contributed by atoms with Crippen molar-refractivity contribution in [2.24, 2.45) is 12.5 Å². The van der Waals surface area contributed by atoms with Crippen molar-refractivity contribution in [3.63, 3.8) is 0 Å². The lowest BCUT2D eigenvalue weighted by Crippen LogP contribution is -2.45. The Labute approximate surface area is 162 Å². The fourth-order valence-corrected chi connectivity index (χ4v) is 3.97. The number of amides is 1. The summed E-state index contributed by atoms with van der Waals surface area (Å²) in [4.78, 5) is 14.7. The highest BCUT2D eigenvalue weighted by atomic mass is 16.4. The van der Waals surface area contributed by atoms with Crippen LogP contribution >= 0.6 is 0 Å². The number of anilines is 1. The van der Waals surface area contributed by atoms with E-state index in [-0.39, 0.29) is 11.9 Å². The average molecular weight is 381 g/mol. The van der Waals surface area contributed by atoms with Crippen LogP contribution in [0.2, 0.25) is 0 Å². The molecule has 0 radical (unpaired) electrons. The zero-order valence-corrected chi connectivity index (χ0v) is 16.1. The van der Waals surface area contributed by atoms with Gasteiger partial charge < -0.3 is 14.6 Å². The quantitative estimate of drug-likeness (QED) is 0.739. The number of likely N-dealkylation sites (tertiary alicyclic amines) is 1. The monoisotopic (exact) mass is 381 g/mol. The van der Waals surface area contributed by atoms with Crippen LogP contribution in [0.15, 0.2) is 22.6 Å². The second kappa shape index (κ2) is 6.29. The van der Waals surface area contributed by atoms with Crippen molar-refractivity contribution < 1.29 is 9.21 Å². The summed E-state index contributed by atoms with van der Waals surface area (Å²) < 4.78 is 7.42. The Morgan fingerprint density at radius 2 is 1.96 bits per heavy atom. The highest BCUT2D eigenvalue weighted by molar-refractivity contribution is 5.84. The highest BCUT2D eigenvalue weighted by Gasteiger charge is 2.45. The number of hydrogen-bond donors (Lipinski definition) is 1. The van der Waals surface area contributed by atoms with E-state index in [1.807, 2.05) is 37.1 Å². The lowest BCUT2D eigenvalue weighted by molar-refractivity contribution is -0.133. The first-order chi connectivity index (χ1) is 13.5. The smallest absolute Gasteiger partial charge is 0.316 e. The van der Waals surface area contributed by atoms with E-state index < -0.39 is 6.04 Å². The Morgan fingerprint density at radius 3 is 2.71 bits per heavy atom. The molecule has 1 aliphatic carbocycles. The molecule has 3 heterocycles. The van der Waals surface area contributed by atoms with Crippen molar-refractivity contribution in [3.05, 3.63) is 18.2 Å². The van der Waals surface area contributed by atoms with Gasteiger partial charge in [-0.25, -0.2) is 4.68 Å². The molecule has 3 aromatic rings. The first kappa shape index (κ1) is 17.2. The van der Waals surface area contributed by atoms with E-state index in [9.17, 15) is 4.79 Å². The van der Waals surface area contributed by atoms with Crippen LogP contribution < -0.4 is 5.32 Å². The molecule has 0 bridgehead atoms. The van der Waals surface area contributed by atoms with Crippen molar-refractivity contribution in [2.45, 2.75) is 38.6 Å². The standard InChI is InChI=1S/C19H23N7O2/c1-12(17(27)26-9-7-19(5-6-19)8-10-26)20-18-23-22-16(28-18)13-3-4-15-14(11-13)21-24-25(15)2/h3-4,11-12H,5-10H2,1-2H3,(H,20,23)/t12-/m1/s1. The summed E-state index contributed by atoms with van der Waals surface area (Å²) in [6.45, 7) is 3.52. The SMILES string of the molecule is C[C@@H](Nc1nnc(-c2ccc3c(c2)nnn3C)o1)C(=O)N1CCC2(CC1)CC2. The molecule has 9 heteroatoms. The fourth-order valence-electron chi connectivity index (χ4n) is 3.97. The molecule has 1 aliphatic heterocycles. The summed E-state index contributed by atoms with van der Waals surface area (Å²) in [6.07, 6.45) is 4.91. The summed E-state index contributed by atoms with van der Waals surface area (Å²) in [7, 11) is 1.84. The van der Waals surface area contributed by atoms with Crippen LogP contribution in [0.4, 0.5) is 6.01 Å². The van der Waals surface area contributed by atoms with Gasteiger partial charge in [0.05, 0.1) is 5.52 Å². The van der Waals surface area contributed by atoms with Gasteiger partial charge >= 0.3 is 6.01 Å². The Morgan fingerprint density at radius 1 is 1.18 bits per heavy atom. The maximum atomic E-state index is 12.7. The third-order valence-electron chi connectivity index (χ3n) is 6.09. The van der Waals surface area contributed by atoms with Crippen LogP contribution in [-0.4, -0.2) is 55.1 Å². The lowest BCUT2D eigenvalue weighted by atomic mass is 9.93. The summed E-state index contributed by atoms with van der Waals surface area (Å²) in [5.41, 5.74) is 3.00. The van der Waals surface area contributed by atoms with Crippen LogP contribution in [0.5, 0.6) is 0 Å². The van der Waals surface area contributed by atoms with E-state index >= 15 is 0 Å². The predicted octanol–water partition coefficient (Wildman–Crippen LogP) is 2.22. The Balaban J connectivity index is 1.25. The first-order valence-corrected chi connectivity index (χ1v) is 9.72. The normalized spacial score (nSPS) is 19.1.